The molecule has 0 unspecified atom stereocenters. The molecule has 0 aliphatic carbocycles. The molecule has 0 aliphatic heterocycles. The second kappa shape index (κ2) is 7.20. The van der Waals surface area contributed by atoms with Gasteiger partial charge in [-0.2, -0.15) is 0 Å². The molecule has 3 aromatic rings. The monoisotopic (exact) mass is 314 g/mol. The van der Waals surface area contributed by atoms with Crippen molar-refractivity contribution in [1.82, 2.24) is 15.3 Å². The average Bonchev–Trinajstić information content (AvgIpc) is 3.04. The number of rotatable bonds is 7. The Labute approximate surface area is 132 Å². The maximum Gasteiger partial charge on any atom is 0.260 e. The van der Waals surface area contributed by atoms with Crippen molar-refractivity contribution in [3.05, 3.63) is 57.0 Å². The summed E-state index contributed by atoms with van der Waals surface area (Å²) >= 11 is 1.76. The fourth-order valence-corrected chi connectivity index (χ4v) is 2.89. The fourth-order valence-electron chi connectivity index (χ4n) is 2.22. The quantitative estimate of drug-likeness (QED) is 0.586. The Bertz CT molecular complexity index is 782. The maximum absolute atomic E-state index is 11.9. The van der Waals surface area contributed by atoms with Crippen LogP contribution >= 0.6 is 11.3 Å². The zero-order chi connectivity index (χ0) is 15.2. The minimum atomic E-state index is -0.107. The van der Waals surface area contributed by atoms with E-state index in [1.807, 2.05) is 18.2 Å². The van der Waals surface area contributed by atoms with Crippen LogP contribution in [0.1, 0.15) is 11.3 Å². The van der Waals surface area contributed by atoms with Gasteiger partial charge >= 0.3 is 0 Å². The number of hydrogen-bond acceptors (Lipinski definition) is 5. The Kier molecular flexibility index (Phi) is 4.82. The van der Waals surface area contributed by atoms with Crippen molar-refractivity contribution >= 4 is 28.2 Å². The molecule has 0 saturated heterocycles. The Hall–Kier alpha value is -2.18. The van der Waals surface area contributed by atoms with E-state index < -0.39 is 0 Å². The third-order valence-electron chi connectivity index (χ3n) is 3.31. The highest BCUT2D eigenvalue weighted by molar-refractivity contribution is 7.09. The number of hydrogen-bond donors (Lipinski definition) is 3. The van der Waals surface area contributed by atoms with Crippen molar-refractivity contribution in [2.24, 2.45) is 0 Å². The molecule has 5 nitrogen and oxygen atoms in total. The summed E-state index contributed by atoms with van der Waals surface area (Å²) in [5, 5.41) is 9.26. The van der Waals surface area contributed by atoms with Crippen LogP contribution < -0.4 is 16.2 Å². The molecule has 6 heteroatoms. The van der Waals surface area contributed by atoms with Crippen LogP contribution in [0, 0.1) is 0 Å². The van der Waals surface area contributed by atoms with Crippen molar-refractivity contribution < 1.29 is 0 Å². The summed E-state index contributed by atoms with van der Waals surface area (Å²) in [6, 6.07) is 11.5. The number of nitrogens with one attached hydrogen (secondary N) is 3. The third kappa shape index (κ3) is 3.72. The van der Waals surface area contributed by atoms with E-state index in [1.54, 1.807) is 17.4 Å². The predicted octanol–water partition coefficient (Wildman–Crippen LogP) is 2.58. The van der Waals surface area contributed by atoms with Crippen LogP contribution in [0.15, 0.2) is 46.6 Å². The van der Waals surface area contributed by atoms with Gasteiger partial charge in [0.25, 0.3) is 5.56 Å². The normalized spacial score (nSPS) is 10.9. The first-order valence-electron chi connectivity index (χ1n) is 7.29. The standard InChI is InChI=1S/C16H18N4OS/c21-15-13-6-1-2-7-14(13)19-16(20-15)18-9-4-8-17-11-12-5-3-10-22-12/h1-3,5-7,10,17H,4,8-9,11H2,(H2,18,19,20,21). The zero-order valence-corrected chi connectivity index (χ0v) is 13.0. The molecule has 2 heterocycles. The summed E-state index contributed by atoms with van der Waals surface area (Å²) in [6.45, 7) is 2.59. The highest BCUT2D eigenvalue weighted by Gasteiger charge is 2.02. The van der Waals surface area contributed by atoms with Crippen LogP contribution in [0.2, 0.25) is 0 Å². The SMILES string of the molecule is O=c1[nH]c(NCCCNCc2cccs2)nc2ccccc12. The number of thiophene rings is 1. The summed E-state index contributed by atoms with van der Waals surface area (Å²) in [5.41, 5.74) is 0.605. The third-order valence-corrected chi connectivity index (χ3v) is 4.19. The smallest absolute Gasteiger partial charge is 0.260 e. The van der Waals surface area contributed by atoms with E-state index >= 15 is 0 Å². The van der Waals surface area contributed by atoms with Crippen LogP contribution in [0.3, 0.4) is 0 Å². The first kappa shape index (κ1) is 14.7. The summed E-state index contributed by atoms with van der Waals surface area (Å²) in [7, 11) is 0. The molecular formula is C16H18N4OS. The lowest BCUT2D eigenvalue weighted by Gasteiger charge is -2.07. The molecule has 0 bridgehead atoms. The van der Waals surface area contributed by atoms with Gasteiger partial charge < -0.3 is 10.6 Å². The van der Waals surface area contributed by atoms with Crippen molar-refractivity contribution in [1.29, 1.82) is 0 Å². The summed E-state index contributed by atoms with van der Waals surface area (Å²) in [6.07, 6.45) is 0.960. The second-order valence-electron chi connectivity index (χ2n) is 4.97. The van der Waals surface area contributed by atoms with Gasteiger partial charge in [0.1, 0.15) is 0 Å². The van der Waals surface area contributed by atoms with Crippen molar-refractivity contribution in [2.75, 3.05) is 18.4 Å². The summed E-state index contributed by atoms with van der Waals surface area (Å²) < 4.78 is 0. The molecule has 2 aromatic heterocycles. The number of aromatic nitrogens is 2. The van der Waals surface area contributed by atoms with Crippen LogP contribution in [-0.2, 0) is 6.54 Å². The number of anilines is 1. The van der Waals surface area contributed by atoms with Gasteiger partial charge in [-0.05, 0) is 36.5 Å². The van der Waals surface area contributed by atoms with Gasteiger partial charge in [0, 0.05) is 18.0 Å². The van der Waals surface area contributed by atoms with E-state index in [1.165, 1.54) is 4.88 Å². The minimum Gasteiger partial charge on any atom is -0.356 e. The molecule has 3 N–H and O–H groups in total. The number of para-hydroxylation sites is 1. The first-order chi connectivity index (χ1) is 10.8. The van der Waals surface area contributed by atoms with Gasteiger partial charge in [0.2, 0.25) is 5.95 Å². The highest BCUT2D eigenvalue weighted by Crippen LogP contribution is 2.08. The predicted molar refractivity (Wildman–Crippen MR) is 91.5 cm³/mol. The van der Waals surface area contributed by atoms with E-state index in [-0.39, 0.29) is 5.56 Å². The van der Waals surface area contributed by atoms with Crippen molar-refractivity contribution in [2.45, 2.75) is 13.0 Å². The van der Waals surface area contributed by atoms with Gasteiger partial charge in [0.05, 0.1) is 10.9 Å². The Balaban J connectivity index is 1.46. The number of aromatic amines is 1. The average molecular weight is 314 g/mol. The lowest BCUT2D eigenvalue weighted by Crippen LogP contribution is -2.19. The molecule has 1 aromatic carbocycles. The molecule has 0 atom stereocenters. The molecule has 114 valence electrons. The highest BCUT2D eigenvalue weighted by atomic mass is 32.1. The van der Waals surface area contributed by atoms with Crippen LogP contribution in [0.25, 0.3) is 10.9 Å². The maximum atomic E-state index is 11.9. The molecule has 0 radical (unpaired) electrons. The van der Waals surface area contributed by atoms with Gasteiger partial charge in [0.15, 0.2) is 0 Å². The van der Waals surface area contributed by atoms with Crippen LogP contribution in [-0.4, -0.2) is 23.1 Å². The zero-order valence-electron chi connectivity index (χ0n) is 12.1. The van der Waals surface area contributed by atoms with Crippen molar-refractivity contribution in [3.63, 3.8) is 0 Å². The Morgan fingerprint density at radius 3 is 2.91 bits per heavy atom. The van der Waals surface area contributed by atoms with Crippen LogP contribution in [0.5, 0.6) is 0 Å². The number of fused-ring (bicyclic) bond motifs is 1. The van der Waals surface area contributed by atoms with E-state index in [2.05, 4.69) is 38.1 Å². The van der Waals surface area contributed by atoms with Gasteiger partial charge in [-0.1, -0.05) is 18.2 Å². The topological polar surface area (TPSA) is 69.8 Å². The molecular weight excluding hydrogens is 296 g/mol. The van der Waals surface area contributed by atoms with Gasteiger partial charge in [-0.3, -0.25) is 9.78 Å². The summed E-state index contributed by atoms with van der Waals surface area (Å²) in [4.78, 5) is 20.4. The lowest BCUT2D eigenvalue weighted by atomic mass is 10.2. The van der Waals surface area contributed by atoms with E-state index in [4.69, 9.17) is 0 Å². The van der Waals surface area contributed by atoms with Gasteiger partial charge in [-0.25, -0.2) is 4.98 Å². The number of H-pyrrole nitrogens is 1. The van der Waals surface area contributed by atoms with Crippen LogP contribution in [0.4, 0.5) is 5.95 Å². The minimum absolute atomic E-state index is 0.107. The lowest BCUT2D eigenvalue weighted by molar-refractivity contribution is 0.667. The Morgan fingerprint density at radius 2 is 2.05 bits per heavy atom. The van der Waals surface area contributed by atoms with E-state index in [9.17, 15) is 4.79 Å². The molecule has 0 saturated carbocycles. The molecule has 22 heavy (non-hydrogen) atoms. The van der Waals surface area contributed by atoms with E-state index in [0.29, 0.717) is 16.9 Å². The van der Waals surface area contributed by atoms with E-state index in [0.717, 1.165) is 26.1 Å². The molecule has 0 spiro atoms. The number of nitrogens with zero attached hydrogens (tertiary/aromatic N) is 1. The molecule has 0 fully saturated rings. The Morgan fingerprint density at radius 1 is 1.14 bits per heavy atom. The first-order valence-corrected chi connectivity index (χ1v) is 8.17. The molecule has 0 amide bonds. The fraction of sp³-hybridized carbons (Fsp3) is 0.250. The molecule has 0 aliphatic rings. The second-order valence-corrected chi connectivity index (χ2v) is 6.00. The van der Waals surface area contributed by atoms with Gasteiger partial charge in [-0.15, -0.1) is 11.3 Å². The summed E-state index contributed by atoms with van der Waals surface area (Å²) in [5.74, 6) is 0.530. The molecule has 3 rings (SSSR count). The van der Waals surface area contributed by atoms with Crippen molar-refractivity contribution in [3.8, 4) is 0 Å². The number of benzene rings is 1. The largest absolute Gasteiger partial charge is 0.356 e.